The zero-order chi connectivity index (χ0) is 13.7. The van der Waals surface area contributed by atoms with Crippen LogP contribution in [0.25, 0.3) is 0 Å². The van der Waals surface area contributed by atoms with Gasteiger partial charge in [-0.25, -0.2) is 0 Å². The van der Waals surface area contributed by atoms with Crippen molar-refractivity contribution >= 4 is 17.4 Å². The molecular weight excluding hydrogens is 254 g/mol. The van der Waals surface area contributed by atoms with E-state index in [1.54, 1.807) is 7.11 Å². The highest BCUT2D eigenvalue weighted by molar-refractivity contribution is 7.97. The molecule has 19 heavy (non-hydrogen) atoms. The fraction of sp³-hybridized carbons (Fsp3) is 0.250. The molecule has 2 aromatic carbocycles. The number of aryl methyl sites for hydroxylation is 1. The number of anilines is 1. The van der Waals surface area contributed by atoms with E-state index in [4.69, 9.17) is 10.5 Å². The van der Waals surface area contributed by atoms with E-state index in [1.807, 2.05) is 30.0 Å². The molecule has 2 nitrogen and oxygen atoms in total. The number of benzene rings is 2. The summed E-state index contributed by atoms with van der Waals surface area (Å²) in [7, 11) is 1.69. The van der Waals surface area contributed by atoms with Crippen molar-refractivity contribution in [1.29, 1.82) is 0 Å². The first-order chi connectivity index (χ1) is 9.19. The summed E-state index contributed by atoms with van der Waals surface area (Å²) in [6.07, 6.45) is 0. The number of thioether (sulfide) groups is 1. The van der Waals surface area contributed by atoms with Crippen LogP contribution in [-0.4, -0.2) is 7.11 Å². The number of hydrogen-bond acceptors (Lipinski definition) is 3. The summed E-state index contributed by atoms with van der Waals surface area (Å²) in [4.78, 5) is 0. The average Bonchev–Trinajstić information content (AvgIpc) is 2.39. The van der Waals surface area contributed by atoms with Gasteiger partial charge in [-0.15, -0.1) is 0 Å². The predicted octanol–water partition coefficient (Wildman–Crippen LogP) is 4.02. The normalized spacial score (nSPS) is 10.4. The maximum absolute atomic E-state index is 5.82. The van der Waals surface area contributed by atoms with Gasteiger partial charge in [0.25, 0.3) is 0 Å². The van der Waals surface area contributed by atoms with E-state index < -0.39 is 0 Å². The summed E-state index contributed by atoms with van der Waals surface area (Å²) in [5.74, 6) is 2.81. The Labute approximate surface area is 119 Å². The minimum atomic E-state index is 0.784. The third-order valence-corrected chi connectivity index (χ3v) is 3.97. The molecule has 0 saturated carbocycles. The van der Waals surface area contributed by atoms with Crippen molar-refractivity contribution in [3.8, 4) is 5.75 Å². The lowest BCUT2D eigenvalue weighted by atomic mass is 10.2. The van der Waals surface area contributed by atoms with Crippen LogP contribution in [0.2, 0.25) is 0 Å². The molecule has 2 rings (SSSR count). The number of methoxy groups -OCH3 is 1. The highest BCUT2D eigenvalue weighted by Crippen LogP contribution is 2.27. The lowest BCUT2D eigenvalue weighted by Gasteiger charge is -2.09. The lowest BCUT2D eigenvalue weighted by molar-refractivity contribution is 0.411. The molecule has 100 valence electrons. The molecule has 0 aliphatic heterocycles. The molecule has 0 aliphatic rings. The van der Waals surface area contributed by atoms with Crippen molar-refractivity contribution in [3.05, 3.63) is 59.2 Å². The van der Waals surface area contributed by atoms with Gasteiger partial charge in [-0.1, -0.05) is 29.8 Å². The Morgan fingerprint density at radius 1 is 1.11 bits per heavy atom. The molecule has 0 radical (unpaired) electrons. The topological polar surface area (TPSA) is 35.2 Å². The predicted molar refractivity (Wildman–Crippen MR) is 83.6 cm³/mol. The fourth-order valence-corrected chi connectivity index (χ4v) is 2.95. The fourth-order valence-electron chi connectivity index (χ4n) is 1.99. The molecule has 2 aromatic rings. The van der Waals surface area contributed by atoms with Crippen molar-refractivity contribution in [2.45, 2.75) is 18.4 Å². The number of nitrogen functional groups attached to an aromatic ring is 1. The Morgan fingerprint density at radius 2 is 1.95 bits per heavy atom. The van der Waals surface area contributed by atoms with Crippen molar-refractivity contribution < 1.29 is 4.74 Å². The first kappa shape index (κ1) is 13.8. The summed E-state index contributed by atoms with van der Waals surface area (Å²) >= 11 is 1.87. The molecule has 0 amide bonds. The van der Waals surface area contributed by atoms with E-state index in [2.05, 4.69) is 31.2 Å². The zero-order valence-corrected chi connectivity index (χ0v) is 12.2. The van der Waals surface area contributed by atoms with E-state index in [9.17, 15) is 0 Å². The Balaban J connectivity index is 1.97. The number of rotatable bonds is 5. The smallest absolute Gasteiger partial charge is 0.123 e. The van der Waals surface area contributed by atoms with Crippen LogP contribution in [0.3, 0.4) is 0 Å². The number of nitrogens with two attached hydrogens (primary N) is 1. The Kier molecular flexibility index (Phi) is 4.74. The van der Waals surface area contributed by atoms with Gasteiger partial charge in [-0.2, -0.15) is 11.8 Å². The van der Waals surface area contributed by atoms with E-state index in [0.29, 0.717) is 0 Å². The van der Waals surface area contributed by atoms with Gasteiger partial charge in [0.1, 0.15) is 5.75 Å². The van der Waals surface area contributed by atoms with Crippen LogP contribution in [0.4, 0.5) is 5.69 Å². The molecule has 0 aliphatic carbocycles. The largest absolute Gasteiger partial charge is 0.496 e. The molecule has 0 aromatic heterocycles. The van der Waals surface area contributed by atoms with E-state index in [0.717, 1.165) is 28.5 Å². The monoisotopic (exact) mass is 273 g/mol. The molecular formula is C16H19NOS. The van der Waals surface area contributed by atoms with Gasteiger partial charge < -0.3 is 10.5 Å². The third-order valence-electron chi connectivity index (χ3n) is 2.91. The molecule has 0 atom stereocenters. The molecule has 3 heteroatoms. The second-order valence-corrected chi connectivity index (χ2v) is 5.54. The van der Waals surface area contributed by atoms with Gasteiger partial charge in [-0.3, -0.25) is 0 Å². The minimum Gasteiger partial charge on any atom is -0.496 e. The second kappa shape index (κ2) is 6.53. The lowest BCUT2D eigenvalue weighted by Crippen LogP contribution is -1.93. The highest BCUT2D eigenvalue weighted by atomic mass is 32.2. The molecule has 0 heterocycles. The molecule has 2 N–H and O–H groups in total. The van der Waals surface area contributed by atoms with Crippen LogP contribution in [0.5, 0.6) is 5.75 Å². The van der Waals surface area contributed by atoms with Crippen molar-refractivity contribution in [2.75, 3.05) is 12.8 Å². The van der Waals surface area contributed by atoms with E-state index in [-0.39, 0.29) is 0 Å². The molecule has 0 unspecified atom stereocenters. The van der Waals surface area contributed by atoms with Crippen molar-refractivity contribution in [1.82, 2.24) is 0 Å². The van der Waals surface area contributed by atoms with Gasteiger partial charge in [-0.05, 0) is 30.7 Å². The third kappa shape index (κ3) is 3.93. The van der Waals surface area contributed by atoms with Crippen molar-refractivity contribution in [2.24, 2.45) is 0 Å². The molecule has 0 spiro atoms. The number of hydrogen-bond donors (Lipinski definition) is 1. The van der Waals surface area contributed by atoms with Gasteiger partial charge >= 0.3 is 0 Å². The van der Waals surface area contributed by atoms with Crippen LogP contribution in [0.1, 0.15) is 16.7 Å². The Morgan fingerprint density at radius 3 is 2.68 bits per heavy atom. The Bertz CT molecular complexity index is 554. The van der Waals surface area contributed by atoms with Crippen LogP contribution in [0, 0.1) is 6.92 Å². The summed E-state index contributed by atoms with van der Waals surface area (Å²) in [6.45, 7) is 2.12. The molecule has 0 saturated heterocycles. The maximum Gasteiger partial charge on any atom is 0.123 e. The standard InChI is InChI=1S/C16H19NOS/c1-12-4-3-5-13(8-12)10-19-11-14-9-15(17)6-7-16(14)18-2/h3-9H,10-11,17H2,1-2H3. The second-order valence-electron chi connectivity index (χ2n) is 4.55. The SMILES string of the molecule is COc1ccc(N)cc1CSCc1cccc(C)c1. The Hall–Kier alpha value is -1.61. The quantitative estimate of drug-likeness (QED) is 0.836. The van der Waals surface area contributed by atoms with Crippen LogP contribution in [0.15, 0.2) is 42.5 Å². The molecule has 0 fully saturated rings. The summed E-state index contributed by atoms with van der Waals surface area (Å²) in [6, 6.07) is 14.4. The first-order valence-electron chi connectivity index (χ1n) is 6.24. The van der Waals surface area contributed by atoms with Gasteiger partial charge in [0.05, 0.1) is 7.11 Å². The van der Waals surface area contributed by atoms with Crippen LogP contribution >= 0.6 is 11.8 Å². The van der Waals surface area contributed by atoms with Gasteiger partial charge in [0, 0.05) is 22.8 Å². The highest BCUT2D eigenvalue weighted by Gasteiger charge is 2.04. The minimum absolute atomic E-state index is 0.784. The van der Waals surface area contributed by atoms with E-state index >= 15 is 0 Å². The first-order valence-corrected chi connectivity index (χ1v) is 7.40. The van der Waals surface area contributed by atoms with Crippen molar-refractivity contribution in [3.63, 3.8) is 0 Å². The molecule has 0 bridgehead atoms. The average molecular weight is 273 g/mol. The summed E-state index contributed by atoms with van der Waals surface area (Å²) in [5, 5.41) is 0. The van der Waals surface area contributed by atoms with Crippen LogP contribution in [-0.2, 0) is 11.5 Å². The number of ether oxygens (including phenoxy) is 1. The zero-order valence-electron chi connectivity index (χ0n) is 11.3. The maximum atomic E-state index is 5.82. The van der Waals surface area contributed by atoms with Crippen LogP contribution < -0.4 is 10.5 Å². The summed E-state index contributed by atoms with van der Waals surface area (Å²) in [5.41, 5.74) is 10.4. The van der Waals surface area contributed by atoms with Gasteiger partial charge in [0.15, 0.2) is 0 Å². The summed E-state index contributed by atoms with van der Waals surface area (Å²) < 4.78 is 5.35. The van der Waals surface area contributed by atoms with E-state index in [1.165, 1.54) is 11.1 Å². The van der Waals surface area contributed by atoms with Gasteiger partial charge in [0.2, 0.25) is 0 Å².